The Morgan fingerprint density at radius 1 is 1.11 bits per heavy atom. The fourth-order valence-electron chi connectivity index (χ4n) is 3.30. The molecule has 2 atom stereocenters. The summed E-state index contributed by atoms with van der Waals surface area (Å²) < 4.78 is 37.1. The standard InChI is InChI=1S/C18H24F3N3O3/c1-3-15(23-8-10-24(11-9-23)17(26)27)14-6-4-13(5-7-14)12(2)22-16(25)18(19,20)21/h4-7,12,15H,3,8-11H2,1-2H3,(H,22,25)(H,26,27)/t12-,15?/m0/s1. The predicted octanol–water partition coefficient (Wildman–Crippen LogP) is 3.17. The van der Waals surface area contributed by atoms with Gasteiger partial charge in [-0.25, -0.2) is 4.79 Å². The van der Waals surface area contributed by atoms with Crippen LogP contribution in [0, 0.1) is 0 Å². The Kier molecular flexibility index (Phi) is 6.69. The van der Waals surface area contributed by atoms with Crippen LogP contribution in [0.1, 0.15) is 43.5 Å². The van der Waals surface area contributed by atoms with Crippen molar-refractivity contribution in [2.75, 3.05) is 26.2 Å². The topological polar surface area (TPSA) is 72.9 Å². The molecule has 150 valence electrons. The maximum atomic E-state index is 12.4. The van der Waals surface area contributed by atoms with Crippen LogP contribution in [0.2, 0.25) is 0 Å². The lowest BCUT2D eigenvalue weighted by atomic mass is 9.98. The number of piperazine rings is 1. The number of carbonyl (C=O) groups excluding carboxylic acids is 1. The van der Waals surface area contributed by atoms with Gasteiger partial charge in [0.15, 0.2) is 0 Å². The molecule has 27 heavy (non-hydrogen) atoms. The van der Waals surface area contributed by atoms with E-state index < -0.39 is 24.2 Å². The number of rotatable bonds is 5. The Balaban J connectivity index is 2.02. The summed E-state index contributed by atoms with van der Waals surface area (Å²) in [5.74, 6) is -1.96. The Hall–Kier alpha value is -2.29. The zero-order valence-corrected chi connectivity index (χ0v) is 15.3. The maximum absolute atomic E-state index is 12.4. The average molecular weight is 387 g/mol. The number of carboxylic acid groups (broad SMARTS) is 1. The van der Waals surface area contributed by atoms with Crippen molar-refractivity contribution >= 4 is 12.0 Å². The summed E-state index contributed by atoms with van der Waals surface area (Å²) >= 11 is 0. The minimum atomic E-state index is -4.90. The lowest BCUT2D eigenvalue weighted by Gasteiger charge is -2.38. The molecular weight excluding hydrogens is 363 g/mol. The van der Waals surface area contributed by atoms with Crippen molar-refractivity contribution in [3.05, 3.63) is 35.4 Å². The largest absolute Gasteiger partial charge is 0.471 e. The number of carbonyl (C=O) groups is 2. The minimum Gasteiger partial charge on any atom is -0.465 e. The highest BCUT2D eigenvalue weighted by Gasteiger charge is 2.39. The van der Waals surface area contributed by atoms with Gasteiger partial charge in [0.05, 0.1) is 6.04 Å². The van der Waals surface area contributed by atoms with Gasteiger partial charge in [-0.1, -0.05) is 31.2 Å². The zero-order valence-electron chi connectivity index (χ0n) is 15.3. The summed E-state index contributed by atoms with van der Waals surface area (Å²) in [4.78, 5) is 25.7. The molecule has 1 unspecified atom stereocenters. The molecule has 1 aliphatic heterocycles. The lowest BCUT2D eigenvalue weighted by Crippen LogP contribution is -2.49. The molecule has 0 aromatic heterocycles. The van der Waals surface area contributed by atoms with Crippen LogP contribution >= 0.6 is 0 Å². The number of nitrogens with one attached hydrogen (secondary N) is 1. The molecule has 2 N–H and O–H groups in total. The van der Waals surface area contributed by atoms with E-state index >= 15 is 0 Å². The van der Waals surface area contributed by atoms with Gasteiger partial charge in [0.2, 0.25) is 0 Å². The van der Waals surface area contributed by atoms with E-state index in [0.29, 0.717) is 31.7 Å². The average Bonchev–Trinajstić information content (AvgIpc) is 2.62. The first-order valence-corrected chi connectivity index (χ1v) is 8.83. The molecule has 9 heteroatoms. The molecule has 0 bridgehead atoms. The molecule has 6 nitrogen and oxygen atoms in total. The molecule has 0 aliphatic carbocycles. The number of amides is 2. The smallest absolute Gasteiger partial charge is 0.465 e. The fourth-order valence-corrected chi connectivity index (χ4v) is 3.30. The molecule has 1 fully saturated rings. The number of hydrogen-bond donors (Lipinski definition) is 2. The third-order valence-electron chi connectivity index (χ3n) is 4.84. The second-order valence-electron chi connectivity index (χ2n) is 6.59. The van der Waals surface area contributed by atoms with Crippen LogP contribution < -0.4 is 5.32 Å². The Morgan fingerprint density at radius 2 is 1.63 bits per heavy atom. The molecule has 2 rings (SSSR count). The Bertz CT molecular complexity index is 656. The number of alkyl halides is 3. The lowest BCUT2D eigenvalue weighted by molar-refractivity contribution is -0.174. The Morgan fingerprint density at radius 3 is 2.07 bits per heavy atom. The zero-order chi connectivity index (χ0) is 20.2. The second-order valence-corrected chi connectivity index (χ2v) is 6.59. The van der Waals surface area contributed by atoms with Gasteiger partial charge in [-0.3, -0.25) is 9.69 Å². The van der Waals surface area contributed by atoms with E-state index in [4.69, 9.17) is 5.11 Å². The van der Waals surface area contributed by atoms with Crippen molar-refractivity contribution in [3.63, 3.8) is 0 Å². The highest BCUT2D eigenvalue weighted by atomic mass is 19.4. The summed E-state index contributed by atoms with van der Waals surface area (Å²) in [7, 11) is 0. The number of nitrogens with zero attached hydrogens (tertiary/aromatic N) is 2. The third-order valence-corrected chi connectivity index (χ3v) is 4.84. The van der Waals surface area contributed by atoms with Gasteiger partial charge in [0.25, 0.3) is 0 Å². The predicted molar refractivity (Wildman–Crippen MR) is 93.3 cm³/mol. The minimum absolute atomic E-state index is 0.107. The molecule has 0 saturated carbocycles. The van der Waals surface area contributed by atoms with E-state index in [9.17, 15) is 22.8 Å². The molecule has 2 amide bonds. The van der Waals surface area contributed by atoms with Gasteiger partial charge in [-0.05, 0) is 24.5 Å². The molecular formula is C18H24F3N3O3. The molecule has 1 aliphatic rings. The molecule has 1 aromatic rings. The summed E-state index contributed by atoms with van der Waals surface area (Å²) in [5.41, 5.74) is 1.60. The summed E-state index contributed by atoms with van der Waals surface area (Å²) in [6, 6.07) is 6.48. The van der Waals surface area contributed by atoms with Gasteiger partial charge >= 0.3 is 18.2 Å². The summed E-state index contributed by atoms with van der Waals surface area (Å²) in [5, 5.41) is 11.0. The monoisotopic (exact) mass is 387 g/mol. The van der Waals surface area contributed by atoms with Crippen LogP contribution in [0.25, 0.3) is 0 Å². The molecule has 1 aromatic carbocycles. The van der Waals surface area contributed by atoms with E-state index in [1.165, 1.54) is 11.8 Å². The van der Waals surface area contributed by atoms with Crippen LogP contribution in [0.4, 0.5) is 18.0 Å². The van der Waals surface area contributed by atoms with Gasteiger partial charge in [-0.15, -0.1) is 0 Å². The van der Waals surface area contributed by atoms with Gasteiger partial charge < -0.3 is 15.3 Å². The quantitative estimate of drug-likeness (QED) is 0.814. The van der Waals surface area contributed by atoms with Crippen molar-refractivity contribution in [1.29, 1.82) is 0 Å². The molecule has 0 radical (unpaired) electrons. The first kappa shape index (κ1) is 21.0. The van der Waals surface area contributed by atoms with E-state index in [0.717, 1.165) is 12.0 Å². The number of benzene rings is 1. The SMILES string of the molecule is CCC(c1ccc([C@H](C)NC(=O)C(F)(F)F)cc1)N1CCN(C(=O)O)CC1. The van der Waals surface area contributed by atoms with Crippen LogP contribution in [-0.2, 0) is 4.79 Å². The van der Waals surface area contributed by atoms with Crippen molar-refractivity contribution < 1.29 is 27.9 Å². The first-order chi connectivity index (χ1) is 12.6. The molecule has 0 spiro atoms. The van der Waals surface area contributed by atoms with Crippen molar-refractivity contribution in [2.24, 2.45) is 0 Å². The fraction of sp³-hybridized carbons (Fsp3) is 0.556. The normalized spacial score (nSPS) is 18.0. The third kappa shape index (κ3) is 5.35. The highest BCUT2D eigenvalue weighted by molar-refractivity contribution is 5.82. The van der Waals surface area contributed by atoms with Crippen LogP contribution in [0.3, 0.4) is 0 Å². The van der Waals surface area contributed by atoms with Gasteiger partial charge in [-0.2, -0.15) is 13.2 Å². The van der Waals surface area contributed by atoms with Gasteiger partial charge in [0, 0.05) is 32.2 Å². The first-order valence-electron chi connectivity index (χ1n) is 8.83. The highest BCUT2D eigenvalue weighted by Crippen LogP contribution is 2.27. The van der Waals surface area contributed by atoms with Crippen molar-refractivity contribution in [3.8, 4) is 0 Å². The Labute approximate surface area is 155 Å². The second kappa shape index (κ2) is 8.60. The number of halogens is 3. The molecule has 1 heterocycles. The van der Waals surface area contributed by atoms with Crippen molar-refractivity contribution in [2.45, 2.75) is 38.5 Å². The van der Waals surface area contributed by atoms with Crippen molar-refractivity contribution in [1.82, 2.24) is 15.1 Å². The van der Waals surface area contributed by atoms with E-state index in [2.05, 4.69) is 4.90 Å². The van der Waals surface area contributed by atoms with E-state index in [-0.39, 0.29) is 6.04 Å². The maximum Gasteiger partial charge on any atom is 0.471 e. The van der Waals surface area contributed by atoms with Gasteiger partial charge in [0.1, 0.15) is 0 Å². The van der Waals surface area contributed by atoms with Crippen LogP contribution in [0.5, 0.6) is 0 Å². The number of hydrogen-bond acceptors (Lipinski definition) is 3. The van der Waals surface area contributed by atoms with Crippen LogP contribution in [-0.4, -0.2) is 59.3 Å². The summed E-state index contributed by atoms with van der Waals surface area (Å²) in [6.07, 6.45) is -4.99. The molecule has 1 saturated heterocycles. The van der Waals surface area contributed by atoms with E-state index in [1.807, 2.05) is 24.4 Å². The summed E-state index contributed by atoms with van der Waals surface area (Å²) in [6.45, 7) is 5.69. The van der Waals surface area contributed by atoms with E-state index in [1.54, 1.807) is 12.1 Å². The van der Waals surface area contributed by atoms with Crippen LogP contribution in [0.15, 0.2) is 24.3 Å².